The van der Waals surface area contributed by atoms with E-state index in [2.05, 4.69) is 46.0 Å². The molecule has 0 aliphatic heterocycles. The van der Waals surface area contributed by atoms with Crippen LogP contribution in [0.1, 0.15) is 38.2 Å². The number of hydrogen-bond donors (Lipinski definition) is 1. The highest BCUT2D eigenvalue weighted by molar-refractivity contribution is 9.10. The Morgan fingerprint density at radius 3 is 2.76 bits per heavy atom. The van der Waals surface area contributed by atoms with Crippen molar-refractivity contribution in [3.8, 4) is 0 Å². The van der Waals surface area contributed by atoms with E-state index in [-0.39, 0.29) is 0 Å². The summed E-state index contributed by atoms with van der Waals surface area (Å²) in [6, 6.07) is 7.19. The van der Waals surface area contributed by atoms with Gasteiger partial charge in [-0.1, -0.05) is 35.3 Å². The van der Waals surface area contributed by atoms with E-state index in [0.717, 1.165) is 17.1 Å². The van der Waals surface area contributed by atoms with Crippen LogP contribution < -0.4 is 10.6 Å². The third-order valence-electron chi connectivity index (χ3n) is 3.32. The number of halogens is 1. The van der Waals surface area contributed by atoms with Crippen molar-refractivity contribution in [3.63, 3.8) is 0 Å². The minimum atomic E-state index is 0.623. The molecular weight excluding hydrogens is 276 g/mol. The zero-order valence-corrected chi connectivity index (χ0v) is 12.0. The van der Waals surface area contributed by atoms with Crippen LogP contribution in [-0.4, -0.2) is 12.6 Å². The Balaban J connectivity index is 2.23. The zero-order valence-electron chi connectivity index (χ0n) is 10.5. The lowest BCUT2D eigenvalue weighted by Crippen LogP contribution is -2.28. The molecule has 1 saturated carbocycles. The third kappa shape index (κ3) is 3.23. The number of nitrogens with zero attached hydrogens (tertiary/aromatic N) is 1. The molecule has 17 heavy (non-hydrogen) atoms. The minimum absolute atomic E-state index is 0.623. The van der Waals surface area contributed by atoms with Crippen molar-refractivity contribution in [2.45, 2.75) is 45.2 Å². The number of anilines is 1. The van der Waals surface area contributed by atoms with Crippen LogP contribution in [-0.2, 0) is 6.54 Å². The second kappa shape index (κ2) is 5.87. The molecule has 2 N–H and O–H groups in total. The summed E-state index contributed by atoms with van der Waals surface area (Å²) in [5.41, 5.74) is 8.44. The van der Waals surface area contributed by atoms with Gasteiger partial charge in [0.25, 0.3) is 0 Å². The minimum Gasteiger partial charge on any atom is -0.368 e. The smallest absolute Gasteiger partial charge is 0.0425 e. The lowest BCUT2D eigenvalue weighted by atomic mass is 10.1. The molecule has 0 bridgehead atoms. The van der Waals surface area contributed by atoms with Gasteiger partial charge in [0.1, 0.15) is 0 Å². The molecule has 1 aromatic rings. The predicted molar refractivity (Wildman–Crippen MR) is 77.3 cm³/mol. The zero-order chi connectivity index (χ0) is 12.3. The maximum Gasteiger partial charge on any atom is 0.0425 e. The summed E-state index contributed by atoms with van der Waals surface area (Å²) < 4.78 is 1.15. The molecule has 0 amide bonds. The number of nitrogens with two attached hydrogens (primary N) is 1. The molecule has 2 rings (SSSR count). The molecule has 0 radical (unpaired) electrons. The van der Waals surface area contributed by atoms with Crippen molar-refractivity contribution in [1.29, 1.82) is 0 Å². The summed E-state index contributed by atoms with van der Waals surface area (Å²) in [5.74, 6) is 0. The Kier molecular flexibility index (Phi) is 4.46. The summed E-state index contributed by atoms with van der Waals surface area (Å²) in [7, 11) is 0. The molecule has 0 unspecified atom stereocenters. The molecule has 1 fully saturated rings. The van der Waals surface area contributed by atoms with Gasteiger partial charge in [0, 0.05) is 29.3 Å². The molecule has 2 nitrogen and oxygen atoms in total. The molecule has 0 saturated heterocycles. The summed E-state index contributed by atoms with van der Waals surface area (Å²) in [6.45, 7) is 4.03. The number of unbranched alkanes of at least 4 members (excludes halogenated alkanes) is 1. The normalized spacial score (nSPS) is 15.0. The highest BCUT2D eigenvalue weighted by Crippen LogP contribution is 2.35. The fraction of sp³-hybridized carbons (Fsp3) is 0.571. The van der Waals surface area contributed by atoms with Crippen LogP contribution in [0.3, 0.4) is 0 Å². The summed E-state index contributed by atoms with van der Waals surface area (Å²) >= 11 is 3.56. The van der Waals surface area contributed by atoms with Crippen molar-refractivity contribution >= 4 is 21.6 Å². The molecule has 1 aliphatic rings. The van der Waals surface area contributed by atoms with Gasteiger partial charge in [-0.3, -0.25) is 0 Å². The highest BCUT2D eigenvalue weighted by atomic mass is 79.9. The van der Waals surface area contributed by atoms with Crippen molar-refractivity contribution in [3.05, 3.63) is 28.2 Å². The Labute approximate surface area is 112 Å². The van der Waals surface area contributed by atoms with Gasteiger partial charge < -0.3 is 10.6 Å². The molecule has 1 aromatic carbocycles. The van der Waals surface area contributed by atoms with Crippen molar-refractivity contribution in [2.24, 2.45) is 5.73 Å². The molecule has 0 spiro atoms. The fourth-order valence-electron chi connectivity index (χ4n) is 2.19. The molecular formula is C14H21BrN2. The van der Waals surface area contributed by atoms with E-state index >= 15 is 0 Å². The van der Waals surface area contributed by atoms with E-state index < -0.39 is 0 Å². The first-order valence-corrected chi connectivity index (χ1v) is 7.30. The van der Waals surface area contributed by atoms with Gasteiger partial charge >= 0.3 is 0 Å². The molecule has 3 heteroatoms. The molecule has 94 valence electrons. The summed E-state index contributed by atoms with van der Waals surface area (Å²) in [6.07, 6.45) is 5.17. The molecule has 0 aromatic heterocycles. The first-order chi connectivity index (χ1) is 8.26. The molecule has 1 aliphatic carbocycles. The SMILES string of the molecule is CCCCN(c1cc(Br)ccc1CN)C1CC1. The lowest BCUT2D eigenvalue weighted by Gasteiger charge is -2.27. The third-order valence-corrected chi connectivity index (χ3v) is 3.81. The Morgan fingerprint density at radius 1 is 1.41 bits per heavy atom. The Morgan fingerprint density at radius 2 is 2.18 bits per heavy atom. The number of benzene rings is 1. The second-order valence-corrected chi connectivity index (χ2v) is 5.67. The van der Waals surface area contributed by atoms with E-state index in [1.807, 2.05) is 0 Å². The maximum absolute atomic E-state index is 5.85. The van der Waals surface area contributed by atoms with E-state index in [1.165, 1.54) is 36.9 Å². The van der Waals surface area contributed by atoms with Crippen LogP contribution in [0.5, 0.6) is 0 Å². The molecule has 0 atom stereocenters. The van der Waals surface area contributed by atoms with Crippen LogP contribution in [0.4, 0.5) is 5.69 Å². The van der Waals surface area contributed by atoms with Gasteiger partial charge in [-0.2, -0.15) is 0 Å². The van der Waals surface area contributed by atoms with Gasteiger partial charge in [-0.05, 0) is 37.0 Å². The first-order valence-electron chi connectivity index (χ1n) is 6.51. The van der Waals surface area contributed by atoms with E-state index in [4.69, 9.17) is 5.73 Å². The Bertz CT molecular complexity index is 374. The van der Waals surface area contributed by atoms with Gasteiger partial charge in [-0.25, -0.2) is 0 Å². The highest BCUT2D eigenvalue weighted by Gasteiger charge is 2.29. The van der Waals surface area contributed by atoms with Crippen molar-refractivity contribution in [1.82, 2.24) is 0 Å². The van der Waals surface area contributed by atoms with Gasteiger partial charge in [0.2, 0.25) is 0 Å². The predicted octanol–water partition coefficient (Wildman–Crippen LogP) is 3.68. The van der Waals surface area contributed by atoms with Crippen molar-refractivity contribution in [2.75, 3.05) is 11.4 Å². The van der Waals surface area contributed by atoms with Gasteiger partial charge in [0.05, 0.1) is 0 Å². The quantitative estimate of drug-likeness (QED) is 0.868. The van der Waals surface area contributed by atoms with Crippen molar-refractivity contribution < 1.29 is 0 Å². The lowest BCUT2D eigenvalue weighted by molar-refractivity contribution is 0.709. The largest absolute Gasteiger partial charge is 0.368 e. The van der Waals surface area contributed by atoms with Crippen LogP contribution >= 0.6 is 15.9 Å². The summed E-state index contributed by atoms with van der Waals surface area (Å²) in [5, 5.41) is 0. The number of hydrogen-bond acceptors (Lipinski definition) is 2. The standard InChI is InChI=1S/C14H21BrN2/c1-2-3-8-17(13-6-7-13)14-9-12(15)5-4-11(14)10-16/h4-5,9,13H,2-3,6-8,10,16H2,1H3. The Hall–Kier alpha value is -0.540. The van der Waals surface area contributed by atoms with Gasteiger partial charge in [-0.15, -0.1) is 0 Å². The number of rotatable bonds is 6. The van der Waals surface area contributed by atoms with E-state index in [9.17, 15) is 0 Å². The topological polar surface area (TPSA) is 29.3 Å². The maximum atomic E-state index is 5.85. The second-order valence-electron chi connectivity index (χ2n) is 4.76. The molecule has 0 heterocycles. The van der Waals surface area contributed by atoms with Crippen LogP contribution in [0.25, 0.3) is 0 Å². The average molecular weight is 297 g/mol. The van der Waals surface area contributed by atoms with E-state index in [1.54, 1.807) is 0 Å². The monoisotopic (exact) mass is 296 g/mol. The first kappa shape index (κ1) is 12.9. The van der Waals surface area contributed by atoms with Crippen LogP contribution in [0.2, 0.25) is 0 Å². The van der Waals surface area contributed by atoms with Crippen LogP contribution in [0, 0.1) is 0 Å². The van der Waals surface area contributed by atoms with Gasteiger partial charge in [0.15, 0.2) is 0 Å². The fourth-order valence-corrected chi connectivity index (χ4v) is 2.54. The van der Waals surface area contributed by atoms with Crippen LogP contribution in [0.15, 0.2) is 22.7 Å². The summed E-state index contributed by atoms with van der Waals surface area (Å²) in [4.78, 5) is 2.55. The average Bonchev–Trinajstić information content (AvgIpc) is 3.14. The van der Waals surface area contributed by atoms with E-state index in [0.29, 0.717) is 6.54 Å².